The maximum Gasteiger partial charge on any atom is 0.309 e. The first-order chi connectivity index (χ1) is 10.6. The smallest absolute Gasteiger partial charge is 0.309 e. The molecule has 1 aromatic heterocycles. The number of nitrogens with one attached hydrogen (secondary N) is 2. The molecular formula is C16H18N2O3S. The third kappa shape index (κ3) is 4.68. The summed E-state index contributed by atoms with van der Waals surface area (Å²) in [5.74, 6) is -1.46. The molecule has 0 radical (unpaired) electrons. The molecule has 0 spiro atoms. The Morgan fingerprint density at radius 3 is 2.45 bits per heavy atom. The van der Waals surface area contributed by atoms with Gasteiger partial charge in [0.05, 0.1) is 0 Å². The Balaban J connectivity index is 1.75. The van der Waals surface area contributed by atoms with E-state index in [4.69, 9.17) is 0 Å². The summed E-state index contributed by atoms with van der Waals surface area (Å²) in [5, 5.41) is 16.6. The summed E-state index contributed by atoms with van der Waals surface area (Å²) in [6, 6.07) is 11.3. The van der Waals surface area contributed by atoms with Crippen LogP contribution in [0.15, 0.2) is 41.8 Å². The number of aliphatic hydroxyl groups is 1. The predicted octanol–water partition coefficient (Wildman–Crippen LogP) is 1.52. The molecule has 22 heavy (non-hydrogen) atoms. The highest BCUT2D eigenvalue weighted by atomic mass is 32.1. The molecule has 0 aliphatic carbocycles. The van der Waals surface area contributed by atoms with Crippen LogP contribution in [0.1, 0.15) is 22.1 Å². The van der Waals surface area contributed by atoms with Crippen molar-refractivity contribution in [3.63, 3.8) is 0 Å². The number of hydrogen-bond donors (Lipinski definition) is 3. The van der Waals surface area contributed by atoms with Gasteiger partial charge in [-0.05, 0) is 23.9 Å². The lowest BCUT2D eigenvalue weighted by molar-refractivity contribution is -0.139. The minimum Gasteiger partial charge on any atom is -0.386 e. The minimum absolute atomic E-state index is 0.0112. The fourth-order valence-electron chi connectivity index (χ4n) is 1.82. The van der Waals surface area contributed by atoms with E-state index in [-0.39, 0.29) is 6.54 Å². The first-order valence-electron chi connectivity index (χ1n) is 6.89. The molecule has 6 heteroatoms. The van der Waals surface area contributed by atoms with Crippen LogP contribution in [-0.4, -0.2) is 23.5 Å². The number of carbonyl (C=O) groups is 2. The number of aryl methyl sites for hydroxylation is 1. The molecule has 2 aromatic rings. The van der Waals surface area contributed by atoms with Gasteiger partial charge in [-0.3, -0.25) is 9.59 Å². The molecule has 116 valence electrons. The zero-order valence-corrected chi connectivity index (χ0v) is 13.0. The zero-order valence-electron chi connectivity index (χ0n) is 12.2. The van der Waals surface area contributed by atoms with E-state index in [0.29, 0.717) is 6.54 Å². The van der Waals surface area contributed by atoms with Crippen LogP contribution in [0, 0.1) is 6.92 Å². The van der Waals surface area contributed by atoms with Crippen molar-refractivity contribution in [1.29, 1.82) is 0 Å². The minimum atomic E-state index is -0.797. The van der Waals surface area contributed by atoms with Crippen LogP contribution in [0.25, 0.3) is 0 Å². The molecular weight excluding hydrogens is 300 g/mol. The van der Waals surface area contributed by atoms with Crippen LogP contribution in [0.2, 0.25) is 0 Å². The Bertz CT molecular complexity index is 623. The van der Waals surface area contributed by atoms with Gasteiger partial charge in [0.25, 0.3) is 0 Å². The quantitative estimate of drug-likeness (QED) is 0.732. The lowest BCUT2D eigenvalue weighted by Gasteiger charge is -2.10. The summed E-state index contributed by atoms with van der Waals surface area (Å²) in [6.07, 6.45) is -0.797. The van der Waals surface area contributed by atoms with E-state index in [1.165, 1.54) is 11.3 Å². The summed E-state index contributed by atoms with van der Waals surface area (Å²) in [5.41, 5.74) is 2.06. The molecule has 0 aliphatic heterocycles. The highest BCUT2D eigenvalue weighted by Crippen LogP contribution is 2.17. The number of hydrogen-bond acceptors (Lipinski definition) is 4. The van der Waals surface area contributed by atoms with Gasteiger partial charge in [0.15, 0.2) is 0 Å². The fraction of sp³-hybridized carbons (Fsp3) is 0.250. The van der Waals surface area contributed by atoms with E-state index in [1.54, 1.807) is 6.07 Å². The molecule has 0 saturated heterocycles. The van der Waals surface area contributed by atoms with Gasteiger partial charge in [0, 0.05) is 18.0 Å². The topological polar surface area (TPSA) is 78.4 Å². The summed E-state index contributed by atoms with van der Waals surface area (Å²) < 4.78 is 0. The van der Waals surface area contributed by atoms with Crippen molar-refractivity contribution in [2.24, 2.45) is 0 Å². The first-order valence-corrected chi connectivity index (χ1v) is 7.77. The second-order valence-corrected chi connectivity index (χ2v) is 5.89. The first kappa shape index (κ1) is 16.2. The van der Waals surface area contributed by atoms with Gasteiger partial charge in [-0.2, -0.15) is 0 Å². The molecule has 2 rings (SSSR count). The van der Waals surface area contributed by atoms with E-state index >= 15 is 0 Å². The van der Waals surface area contributed by atoms with Crippen LogP contribution in [0.3, 0.4) is 0 Å². The molecule has 0 aliphatic rings. The van der Waals surface area contributed by atoms with Gasteiger partial charge < -0.3 is 15.7 Å². The Kier molecular flexibility index (Phi) is 5.68. The van der Waals surface area contributed by atoms with Gasteiger partial charge in [-0.15, -0.1) is 11.3 Å². The second kappa shape index (κ2) is 7.72. The van der Waals surface area contributed by atoms with Crippen LogP contribution in [0.5, 0.6) is 0 Å². The summed E-state index contributed by atoms with van der Waals surface area (Å²) >= 11 is 1.40. The van der Waals surface area contributed by atoms with Gasteiger partial charge in [0.2, 0.25) is 0 Å². The Morgan fingerprint density at radius 2 is 1.82 bits per heavy atom. The number of thiophene rings is 1. The molecule has 1 heterocycles. The van der Waals surface area contributed by atoms with Crippen molar-refractivity contribution in [3.8, 4) is 0 Å². The van der Waals surface area contributed by atoms with Crippen LogP contribution in [-0.2, 0) is 16.1 Å². The zero-order chi connectivity index (χ0) is 15.9. The van der Waals surface area contributed by atoms with Gasteiger partial charge in [-0.1, -0.05) is 35.9 Å². The van der Waals surface area contributed by atoms with Crippen LogP contribution >= 0.6 is 11.3 Å². The van der Waals surface area contributed by atoms with E-state index in [2.05, 4.69) is 10.6 Å². The Labute approximate surface area is 133 Å². The largest absolute Gasteiger partial charge is 0.386 e. The van der Waals surface area contributed by atoms with E-state index < -0.39 is 17.9 Å². The maximum atomic E-state index is 11.7. The van der Waals surface area contributed by atoms with Crippen molar-refractivity contribution >= 4 is 23.2 Å². The van der Waals surface area contributed by atoms with Crippen molar-refractivity contribution < 1.29 is 14.7 Å². The van der Waals surface area contributed by atoms with Crippen LogP contribution < -0.4 is 10.6 Å². The van der Waals surface area contributed by atoms with Crippen molar-refractivity contribution in [2.45, 2.75) is 19.6 Å². The molecule has 1 aromatic carbocycles. The Hall–Kier alpha value is -2.18. The average Bonchev–Trinajstić information content (AvgIpc) is 3.06. The Morgan fingerprint density at radius 1 is 1.14 bits per heavy atom. The number of benzene rings is 1. The monoisotopic (exact) mass is 318 g/mol. The highest BCUT2D eigenvalue weighted by Gasteiger charge is 2.15. The normalized spacial score (nSPS) is 11.7. The molecule has 0 bridgehead atoms. The maximum absolute atomic E-state index is 11.7. The molecule has 3 N–H and O–H groups in total. The molecule has 0 fully saturated rings. The fourth-order valence-corrected chi connectivity index (χ4v) is 2.53. The SMILES string of the molecule is Cc1ccc(CNC(=O)C(=O)NCC(O)c2cccs2)cc1. The molecule has 2 amide bonds. The third-order valence-electron chi connectivity index (χ3n) is 3.11. The van der Waals surface area contributed by atoms with Gasteiger partial charge >= 0.3 is 11.8 Å². The number of rotatable bonds is 5. The van der Waals surface area contributed by atoms with Crippen molar-refractivity contribution in [1.82, 2.24) is 10.6 Å². The number of amides is 2. The standard InChI is InChI=1S/C16H18N2O3S/c1-11-4-6-12(7-5-11)9-17-15(20)16(21)18-10-13(19)14-3-2-8-22-14/h2-8,13,19H,9-10H2,1H3,(H,17,20)(H,18,21). The lowest BCUT2D eigenvalue weighted by Crippen LogP contribution is -2.41. The third-order valence-corrected chi connectivity index (χ3v) is 4.08. The predicted molar refractivity (Wildman–Crippen MR) is 85.3 cm³/mol. The van der Waals surface area contributed by atoms with E-state index in [9.17, 15) is 14.7 Å². The van der Waals surface area contributed by atoms with Gasteiger partial charge in [-0.25, -0.2) is 0 Å². The molecule has 1 atom stereocenters. The van der Waals surface area contributed by atoms with Crippen LogP contribution in [0.4, 0.5) is 0 Å². The highest BCUT2D eigenvalue weighted by molar-refractivity contribution is 7.10. The molecule has 0 saturated carbocycles. The van der Waals surface area contributed by atoms with Crippen molar-refractivity contribution in [3.05, 3.63) is 57.8 Å². The molecule has 1 unspecified atom stereocenters. The lowest BCUT2D eigenvalue weighted by atomic mass is 10.1. The summed E-state index contributed by atoms with van der Waals surface area (Å²) in [7, 11) is 0. The second-order valence-electron chi connectivity index (χ2n) is 4.91. The van der Waals surface area contributed by atoms with Crippen molar-refractivity contribution in [2.75, 3.05) is 6.54 Å². The number of aliphatic hydroxyl groups excluding tert-OH is 1. The summed E-state index contributed by atoms with van der Waals surface area (Å²) in [4.78, 5) is 24.1. The summed E-state index contributed by atoms with van der Waals surface area (Å²) in [6.45, 7) is 2.28. The van der Waals surface area contributed by atoms with Gasteiger partial charge in [0.1, 0.15) is 6.10 Å². The van der Waals surface area contributed by atoms with E-state index in [1.807, 2.05) is 42.6 Å². The van der Waals surface area contributed by atoms with E-state index in [0.717, 1.165) is 16.0 Å². The average molecular weight is 318 g/mol. The molecule has 5 nitrogen and oxygen atoms in total. The number of carbonyl (C=O) groups excluding carboxylic acids is 2.